The number of carbonyl (C=O) groups is 2. The molecule has 1 aliphatic carbocycles. The van der Waals surface area contributed by atoms with E-state index in [9.17, 15) is 14.7 Å². The summed E-state index contributed by atoms with van der Waals surface area (Å²) in [5.74, 6) is -2.63. The molecule has 1 fully saturated rings. The largest absolute Gasteiger partial charge is 0.481 e. The Kier molecular flexibility index (Phi) is 5.61. The van der Waals surface area contributed by atoms with Crippen molar-refractivity contribution >= 4 is 20.3 Å². The number of hydrogen-bond acceptors (Lipinski definition) is 4. The van der Waals surface area contributed by atoms with Gasteiger partial charge >= 0.3 is 11.9 Å². The molecule has 122 valence electrons. The Morgan fingerprint density at radius 3 is 2.14 bits per heavy atom. The minimum absolute atomic E-state index is 0.0632. The van der Waals surface area contributed by atoms with E-state index in [2.05, 4.69) is 33.9 Å². The molecule has 0 radical (unpaired) electrons. The van der Waals surface area contributed by atoms with Crippen molar-refractivity contribution in [2.45, 2.75) is 64.8 Å². The lowest BCUT2D eigenvalue weighted by Crippen LogP contribution is -2.43. The molecule has 0 aromatic carbocycles. The Labute approximate surface area is 128 Å². The van der Waals surface area contributed by atoms with E-state index in [0.29, 0.717) is 12.8 Å². The van der Waals surface area contributed by atoms with Crippen molar-refractivity contribution in [2.24, 2.45) is 11.8 Å². The monoisotopic (exact) mass is 316 g/mol. The standard InChI is InChI=1S/C15H28O5Si/c1-7-19-14(18)12-9-10(8-11(12)13(16)17)20-21(5,6)15(2,3)4/h10-12H,7-9H2,1-6H3,(H,16,17)/t10-,11?,12?/m1/s1. The number of ether oxygens (including phenoxy) is 1. The summed E-state index contributed by atoms with van der Waals surface area (Å²) in [6.45, 7) is 12.7. The summed E-state index contributed by atoms with van der Waals surface area (Å²) >= 11 is 0. The molecule has 1 rings (SSSR count). The summed E-state index contributed by atoms with van der Waals surface area (Å²) in [4.78, 5) is 23.3. The van der Waals surface area contributed by atoms with Crippen LogP contribution in [-0.4, -0.2) is 38.1 Å². The molecule has 21 heavy (non-hydrogen) atoms. The van der Waals surface area contributed by atoms with Gasteiger partial charge in [-0.1, -0.05) is 20.8 Å². The second-order valence-electron chi connectivity index (χ2n) is 7.27. The van der Waals surface area contributed by atoms with Gasteiger partial charge in [0.25, 0.3) is 0 Å². The molecule has 0 bridgehead atoms. The van der Waals surface area contributed by atoms with Crippen LogP contribution in [0.5, 0.6) is 0 Å². The summed E-state index contributed by atoms with van der Waals surface area (Å²) in [5, 5.41) is 9.39. The second kappa shape index (κ2) is 6.48. The first-order valence-electron chi connectivity index (χ1n) is 7.57. The van der Waals surface area contributed by atoms with Crippen LogP contribution < -0.4 is 0 Å². The zero-order valence-electron chi connectivity index (χ0n) is 13.9. The van der Waals surface area contributed by atoms with Crippen molar-refractivity contribution in [1.82, 2.24) is 0 Å². The van der Waals surface area contributed by atoms with Crippen molar-refractivity contribution in [1.29, 1.82) is 0 Å². The lowest BCUT2D eigenvalue weighted by atomic mass is 9.96. The minimum atomic E-state index is -1.96. The van der Waals surface area contributed by atoms with Gasteiger partial charge in [0.2, 0.25) is 0 Å². The van der Waals surface area contributed by atoms with Crippen LogP contribution >= 0.6 is 0 Å². The van der Waals surface area contributed by atoms with E-state index in [1.165, 1.54) is 0 Å². The molecule has 1 aliphatic rings. The van der Waals surface area contributed by atoms with Gasteiger partial charge in [0, 0.05) is 6.10 Å². The van der Waals surface area contributed by atoms with Crippen LogP contribution in [0.3, 0.4) is 0 Å². The molecule has 0 aliphatic heterocycles. The summed E-state index contributed by atoms with van der Waals surface area (Å²) < 4.78 is 11.3. The predicted octanol–water partition coefficient (Wildman–Crippen LogP) is 3.05. The molecule has 1 N–H and O–H groups in total. The Bertz CT molecular complexity index is 399. The summed E-state index contributed by atoms with van der Waals surface area (Å²) in [7, 11) is -1.96. The molecule has 0 aromatic rings. The number of carbonyl (C=O) groups excluding carboxylic acids is 1. The van der Waals surface area contributed by atoms with Gasteiger partial charge in [0.05, 0.1) is 18.4 Å². The third-order valence-electron chi connectivity index (χ3n) is 4.69. The lowest BCUT2D eigenvalue weighted by Gasteiger charge is -2.38. The molecule has 1 saturated carbocycles. The van der Waals surface area contributed by atoms with Crippen LogP contribution in [0, 0.1) is 11.8 Å². The van der Waals surface area contributed by atoms with Gasteiger partial charge < -0.3 is 14.3 Å². The van der Waals surface area contributed by atoms with E-state index in [4.69, 9.17) is 9.16 Å². The van der Waals surface area contributed by atoms with Crippen LogP contribution in [-0.2, 0) is 18.8 Å². The van der Waals surface area contributed by atoms with E-state index in [1.54, 1.807) is 6.92 Å². The van der Waals surface area contributed by atoms with Crippen molar-refractivity contribution in [3.8, 4) is 0 Å². The highest BCUT2D eigenvalue weighted by Crippen LogP contribution is 2.42. The third-order valence-corrected chi connectivity index (χ3v) is 9.23. The quantitative estimate of drug-likeness (QED) is 0.623. The van der Waals surface area contributed by atoms with Crippen LogP contribution in [0.15, 0.2) is 0 Å². The molecule has 3 atom stereocenters. The van der Waals surface area contributed by atoms with E-state index < -0.39 is 32.1 Å². The zero-order valence-corrected chi connectivity index (χ0v) is 14.9. The Hall–Kier alpha value is -0.883. The average Bonchev–Trinajstić information content (AvgIpc) is 2.71. The summed E-state index contributed by atoms with van der Waals surface area (Å²) in [6.07, 6.45) is 0.676. The van der Waals surface area contributed by atoms with Gasteiger partial charge in [-0.15, -0.1) is 0 Å². The number of carboxylic acids is 1. The minimum Gasteiger partial charge on any atom is -0.481 e. The first-order chi connectivity index (χ1) is 9.49. The van der Waals surface area contributed by atoms with Gasteiger partial charge in [-0.2, -0.15) is 0 Å². The maximum atomic E-state index is 11.9. The maximum absolute atomic E-state index is 11.9. The van der Waals surface area contributed by atoms with E-state index in [1.807, 2.05) is 0 Å². The first kappa shape index (κ1) is 18.2. The molecule has 0 saturated heterocycles. The molecule has 0 amide bonds. The third kappa shape index (κ3) is 4.29. The van der Waals surface area contributed by atoms with Gasteiger partial charge in [0.1, 0.15) is 0 Å². The van der Waals surface area contributed by atoms with Crippen LogP contribution in [0.25, 0.3) is 0 Å². The van der Waals surface area contributed by atoms with Gasteiger partial charge in [-0.3, -0.25) is 9.59 Å². The summed E-state index contributed by atoms with van der Waals surface area (Å²) in [5.41, 5.74) is 0. The van der Waals surface area contributed by atoms with Crippen molar-refractivity contribution < 1.29 is 23.9 Å². The van der Waals surface area contributed by atoms with E-state index in [0.717, 1.165) is 0 Å². The van der Waals surface area contributed by atoms with Crippen molar-refractivity contribution in [3.05, 3.63) is 0 Å². The van der Waals surface area contributed by atoms with E-state index >= 15 is 0 Å². The summed E-state index contributed by atoms with van der Waals surface area (Å²) in [6, 6.07) is 0. The molecule has 5 nitrogen and oxygen atoms in total. The Balaban J connectivity index is 2.81. The molecule has 6 heteroatoms. The SMILES string of the molecule is CCOC(=O)C1C[C@H](O[Si](C)(C)C(C)(C)C)CC1C(=O)O. The lowest BCUT2D eigenvalue weighted by molar-refractivity contribution is -0.156. The van der Waals surface area contributed by atoms with Gasteiger partial charge in [0.15, 0.2) is 8.32 Å². The normalized spacial score (nSPS) is 26.7. The second-order valence-corrected chi connectivity index (χ2v) is 12.0. The molecule has 0 spiro atoms. The number of aliphatic carboxylic acids is 1. The maximum Gasteiger partial charge on any atom is 0.309 e. The Morgan fingerprint density at radius 1 is 1.19 bits per heavy atom. The molecular formula is C15H28O5Si. The first-order valence-corrected chi connectivity index (χ1v) is 10.5. The highest BCUT2D eigenvalue weighted by Gasteiger charge is 2.47. The molecular weight excluding hydrogens is 288 g/mol. The fourth-order valence-corrected chi connectivity index (χ4v) is 3.84. The number of carboxylic acid groups (broad SMARTS) is 1. The smallest absolute Gasteiger partial charge is 0.309 e. The van der Waals surface area contributed by atoms with Crippen LogP contribution in [0.1, 0.15) is 40.5 Å². The average molecular weight is 316 g/mol. The fraction of sp³-hybridized carbons (Fsp3) is 0.867. The highest BCUT2D eigenvalue weighted by atomic mass is 28.4. The topological polar surface area (TPSA) is 72.8 Å². The predicted molar refractivity (Wildman–Crippen MR) is 82.6 cm³/mol. The van der Waals surface area contributed by atoms with Gasteiger partial charge in [-0.05, 0) is 37.9 Å². The zero-order chi connectivity index (χ0) is 16.4. The molecule has 0 heterocycles. The highest BCUT2D eigenvalue weighted by molar-refractivity contribution is 6.74. The van der Waals surface area contributed by atoms with Crippen molar-refractivity contribution in [2.75, 3.05) is 6.61 Å². The number of esters is 1. The number of hydrogen-bond donors (Lipinski definition) is 1. The Morgan fingerprint density at radius 2 is 1.71 bits per heavy atom. The van der Waals surface area contributed by atoms with E-state index in [-0.39, 0.29) is 17.7 Å². The fourth-order valence-electron chi connectivity index (χ4n) is 2.46. The van der Waals surface area contributed by atoms with Crippen molar-refractivity contribution in [3.63, 3.8) is 0 Å². The van der Waals surface area contributed by atoms with Gasteiger partial charge in [-0.25, -0.2) is 0 Å². The molecule has 0 aromatic heterocycles. The number of rotatable bonds is 5. The molecule has 2 unspecified atom stereocenters. The van der Waals surface area contributed by atoms with Crippen LogP contribution in [0.2, 0.25) is 18.1 Å². The van der Waals surface area contributed by atoms with Crippen LogP contribution in [0.4, 0.5) is 0 Å².